The van der Waals surface area contributed by atoms with Crippen LogP contribution in [0.1, 0.15) is 16.2 Å². The lowest BCUT2D eigenvalue weighted by Crippen LogP contribution is -2.49. The lowest BCUT2D eigenvalue weighted by molar-refractivity contribution is 0.0740. The number of oxazole rings is 1. The number of thiophene rings is 1. The Morgan fingerprint density at radius 2 is 2.00 bits per heavy atom. The molecule has 30 heavy (non-hydrogen) atoms. The summed E-state index contributed by atoms with van der Waals surface area (Å²) < 4.78 is 11.1. The zero-order valence-corrected chi connectivity index (χ0v) is 17.3. The third-order valence-electron chi connectivity index (χ3n) is 4.76. The maximum absolute atomic E-state index is 12.9. The molecule has 0 spiro atoms. The number of aromatic nitrogens is 2. The molecular formula is C20H15N5O3S2. The predicted octanol–water partition coefficient (Wildman–Crippen LogP) is 3.95. The molecule has 0 saturated carbocycles. The number of carbonyl (C=O) groups is 1. The van der Waals surface area contributed by atoms with Crippen molar-refractivity contribution >= 4 is 34.5 Å². The van der Waals surface area contributed by atoms with E-state index in [1.165, 1.54) is 17.6 Å². The topological polar surface area (TPSA) is 99.4 Å². The van der Waals surface area contributed by atoms with Gasteiger partial charge in [0.15, 0.2) is 5.76 Å². The van der Waals surface area contributed by atoms with Crippen LogP contribution in [-0.4, -0.2) is 47.0 Å². The van der Waals surface area contributed by atoms with Crippen molar-refractivity contribution in [1.29, 1.82) is 5.26 Å². The summed E-state index contributed by atoms with van der Waals surface area (Å²) in [6.07, 6.45) is 1.53. The molecule has 4 aromatic heterocycles. The minimum Gasteiger partial charge on any atom is -0.459 e. The van der Waals surface area contributed by atoms with E-state index in [1.807, 2.05) is 27.8 Å². The van der Waals surface area contributed by atoms with Gasteiger partial charge in [0.05, 0.1) is 11.1 Å². The van der Waals surface area contributed by atoms with E-state index in [-0.39, 0.29) is 17.5 Å². The Kier molecular flexibility index (Phi) is 4.82. The zero-order valence-electron chi connectivity index (χ0n) is 15.6. The molecule has 0 bridgehead atoms. The van der Waals surface area contributed by atoms with Gasteiger partial charge in [0.2, 0.25) is 11.6 Å². The van der Waals surface area contributed by atoms with Gasteiger partial charge in [-0.2, -0.15) is 10.2 Å². The molecule has 1 amide bonds. The highest BCUT2D eigenvalue weighted by Gasteiger charge is 2.28. The van der Waals surface area contributed by atoms with E-state index in [1.54, 1.807) is 28.4 Å². The van der Waals surface area contributed by atoms with Crippen LogP contribution in [0, 0.1) is 11.3 Å². The van der Waals surface area contributed by atoms with Crippen LogP contribution in [0.5, 0.6) is 0 Å². The van der Waals surface area contributed by atoms with Crippen molar-refractivity contribution in [1.82, 2.24) is 14.9 Å². The first-order chi connectivity index (χ1) is 14.7. The summed E-state index contributed by atoms with van der Waals surface area (Å²) in [6.45, 7) is 2.09. The Balaban J connectivity index is 1.28. The summed E-state index contributed by atoms with van der Waals surface area (Å²) in [4.78, 5) is 26.4. The Hall–Kier alpha value is -3.42. The van der Waals surface area contributed by atoms with Crippen LogP contribution in [-0.2, 0) is 0 Å². The van der Waals surface area contributed by atoms with Gasteiger partial charge in [-0.05, 0) is 23.6 Å². The fourth-order valence-electron chi connectivity index (χ4n) is 3.26. The normalized spacial score (nSPS) is 14.1. The number of amides is 1. The number of thiazole rings is 1. The number of piperazine rings is 1. The first-order valence-electron chi connectivity index (χ1n) is 9.21. The molecule has 0 N–H and O–H groups in total. The zero-order chi connectivity index (χ0) is 20.5. The molecular weight excluding hydrogens is 422 g/mol. The molecule has 1 saturated heterocycles. The molecule has 150 valence electrons. The third kappa shape index (κ3) is 3.38. The van der Waals surface area contributed by atoms with Gasteiger partial charge in [-0.1, -0.05) is 6.07 Å². The molecule has 0 aliphatic carbocycles. The number of anilines is 1. The molecule has 1 aliphatic heterocycles. The van der Waals surface area contributed by atoms with Crippen molar-refractivity contribution in [2.75, 3.05) is 31.1 Å². The molecule has 1 aliphatic rings. The molecule has 10 heteroatoms. The summed E-state index contributed by atoms with van der Waals surface area (Å²) in [6, 6.07) is 9.51. The maximum Gasteiger partial charge on any atom is 0.273 e. The highest BCUT2D eigenvalue weighted by Crippen LogP contribution is 2.30. The minimum atomic E-state index is -0.0805. The predicted molar refractivity (Wildman–Crippen MR) is 112 cm³/mol. The van der Waals surface area contributed by atoms with Crippen molar-refractivity contribution in [2.45, 2.75) is 0 Å². The molecule has 5 heterocycles. The van der Waals surface area contributed by atoms with Gasteiger partial charge in [0.1, 0.15) is 16.8 Å². The SMILES string of the molecule is N#Cc1nc(-c2ccco2)oc1N1CCN(C(=O)c2csc(-c3cccs3)n2)CC1. The van der Waals surface area contributed by atoms with E-state index in [2.05, 4.69) is 16.0 Å². The lowest BCUT2D eigenvalue weighted by atomic mass is 10.3. The van der Waals surface area contributed by atoms with Crippen LogP contribution in [0.2, 0.25) is 0 Å². The van der Waals surface area contributed by atoms with Gasteiger partial charge < -0.3 is 18.6 Å². The molecule has 0 atom stereocenters. The minimum absolute atomic E-state index is 0.0805. The second-order valence-corrected chi connectivity index (χ2v) is 8.36. The second kappa shape index (κ2) is 7.78. The molecule has 0 aromatic carbocycles. The average molecular weight is 438 g/mol. The van der Waals surface area contributed by atoms with E-state index in [9.17, 15) is 10.1 Å². The summed E-state index contributed by atoms with van der Waals surface area (Å²) >= 11 is 3.08. The number of nitriles is 1. The smallest absolute Gasteiger partial charge is 0.273 e. The van der Waals surface area contributed by atoms with Crippen molar-refractivity contribution in [3.8, 4) is 27.6 Å². The molecule has 1 fully saturated rings. The van der Waals surface area contributed by atoms with E-state index >= 15 is 0 Å². The van der Waals surface area contributed by atoms with Crippen LogP contribution in [0.4, 0.5) is 5.88 Å². The Labute approximate surface area is 179 Å². The standard InChI is InChI=1S/C20H15N5O3S2/c21-11-13-20(28-17(22-13)15-3-1-9-27-15)25-7-5-24(6-8-25)19(26)14-12-30-18(23-14)16-4-2-10-29-16/h1-4,9-10,12H,5-8H2. The average Bonchev–Trinajstić information content (AvgIpc) is 3.58. The number of rotatable bonds is 4. The Morgan fingerprint density at radius 1 is 1.13 bits per heavy atom. The first-order valence-corrected chi connectivity index (χ1v) is 11.0. The van der Waals surface area contributed by atoms with Gasteiger partial charge in [0.25, 0.3) is 11.8 Å². The number of carbonyl (C=O) groups excluding carboxylic acids is 1. The van der Waals surface area contributed by atoms with Gasteiger partial charge in [-0.15, -0.1) is 22.7 Å². The summed E-state index contributed by atoms with van der Waals surface area (Å²) in [5.74, 6) is 1.07. The fraction of sp³-hybridized carbons (Fsp3) is 0.200. The summed E-state index contributed by atoms with van der Waals surface area (Å²) in [5, 5.41) is 14.1. The van der Waals surface area contributed by atoms with Gasteiger partial charge in [0, 0.05) is 31.6 Å². The highest BCUT2D eigenvalue weighted by atomic mass is 32.1. The number of hydrogen-bond acceptors (Lipinski definition) is 9. The lowest BCUT2D eigenvalue weighted by Gasteiger charge is -2.34. The quantitative estimate of drug-likeness (QED) is 0.476. The van der Waals surface area contributed by atoms with E-state index < -0.39 is 0 Å². The van der Waals surface area contributed by atoms with Crippen molar-refractivity contribution < 1.29 is 13.6 Å². The number of hydrogen-bond donors (Lipinski definition) is 0. The monoisotopic (exact) mass is 437 g/mol. The largest absolute Gasteiger partial charge is 0.459 e. The van der Waals surface area contributed by atoms with Crippen LogP contribution in [0.15, 0.2) is 50.1 Å². The van der Waals surface area contributed by atoms with E-state index in [0.717, 1.165) is 9.88 Å². The highest BCUT2D eigenvalue weighted by molar-refractivity contribution is 7.20. The van der Waals surface area contributed by atoms with Crippen molar-refractivity contribution in [3.05, 3.63) is 52.7 Å². The van der Waals surface area contributed by atoms with Crippen LogP contribution in [0.3, 0.4) is 0 Å². The molecule has 0 unspecified atom stereocenters. The number of nitrogens with zero attached hydrogens (tertiary/aromatic N) is 5. The van der Waals surface area contributed by atoms with Crippen molar-refractivity contribution in [3.63, 3.8) is 0 Å². The fourth-order valence-corrected chi connectivity index (χ4v) is 4.87. The van der Waals surface area contributed by atoms with Gasteiger partial charge in [-0.3, -0.25) is 4.79 Å². The van der Waals surface area contributed by atoms with E-state index in [4.69, 9.17) is 8.83 Å². The van der Waals surface area contributed by atoms with Gasteiger partial charge >= 0.3 is 0 Å². The van der Waals surface area contributed by atoms with E-state index in [0.29, 0.717) is 43.5 Å². The Bertz CT molecular complexity index is 1200. The van der Waals surface area contributed by atoms with Gasteiger partial charge in [-0.25, -0.2) is 4.98 Å². The Morgan fingerprint density at radius 3 is 2.70 bits per heavy atom. The van der Waals surface area contributed by atoms with Crippen LogP contribution >= 0.6 is 22.7 Å². The van der Waals surface area contributed by atoms with Crippen molar-refractivity contribution in [2.24, 2.45) is 0 Å². The molecule has 4 aromatic rings. The van der Waals surface area contributed by atoms with Crippen LogP contribution < -0.4 is 4.90 Å². The summed E-state index contributed by atoms with van der Waals surface area (Å²) in [7, 11) is 0. The number of furan rings is 1. The van der Waals surface area contributed by atoms with Crippen LogP contribution in [0.25, 0.3) is 21.5 Å². The third-order valence-corrected chi connectivity index (χ3v) is 6.64. The molecule has 8 nitrogen and oxygen atoms in total. The summed E-state index contributed by atoms with van der Waals surface area (Å²) in [5.41, 5.74) is 0.676. The molecule has 5 rings (SSSR count). The maximum atomic E-state index is 12.9. The second-order valence-electron chi connectivity index (χ2n) is 6.56. The molecule has 0 radical (unpaired) electrons. The first kappa shape index (κ1) is 18.6.